The minimum atomic E-state index is -3.55. The van der Waals surface area contributed by atoms with Crippen LogP contribution in [0.25, 0.3) is 0 Å². The SMILES string of the molecule is CC(C(=O)O)N1CCN(S(=O)(=O)c2ccccc2Br)CC1. The Hall–Kier alpha value is -0.960. The maximum absolute atomic E-state index is 12.6. The minimum Gasteiger partial charge on any atom is -0.480 e. The van der Waals surface area contributed by atoms with Crippen LogP contribution in [0.1, 0.15) is 6.92 Å². The lowest BCUT2D eigenvalue weighted by Gasteiger charge is -2.35. The first-order valence-electron chi connectivity index (χ1n) is 6.55. The Balaban J connectivity index is 2.12. The molecule has 0 radical (unpaired) electrons. The van der Waals surface area contributed by atoms with Crippen molar-refractivity contribution in [2.45, 2.75) is 17.9 Å². The predicted molar refractivity (Wildman–Crippen MR) is 81.6 cm³/mol. The Kier molecular flexibility index (Phi) is 5.03. The highest BCUT2D eigenvalue weighted by Crippen LogP contribution is 2.25. The first kappa shape index (κ1) is 16.4. The maximum Gasteiger partial charge on any atom is 0.320 e. The van der Waals surface area contributed by atoms with Crippen molar-refractivity contribution in [3.05, 3.63) is 28.7 Å². The second kappa shape index (κ2) is 6.43. The molecule has 1 atom stereocenters. The monoisotopic (exact) mass is 376 g/mol. The summed E-state index contributed by atoms with van der Waals surface area (Å²) in [6.45, 7) is 3.02. The van der Waals surface area contributed by atoms with Gasteiger partial charge in [0.1, 0.15) is 6.04 Å². The quantitative estimate of drug-likeness (QED) is 0.854. The fourth-order valence-electron chi connectivity index (χ4n) is 2.28. The Bertz CT molecular complexity index is 627. The van der Waals surface area contributed by atoms with Crippen LogP contribution in [0.5, 0.6) is 0 Å². The van der Waals surface area contributed by atoms with E-state index in [9.17, 15) is 13.2 Å². The molecule has 1 aliphatic rings. The van der Waals surface area contributed by atoms with Crippen LogP contribution in [0.3, 0.4) is 0 Å². The van der Waals surface area contributed by atoms with Gasteiger partial charge in [-0.2, -0.15) is 4.31 Å². The van der Waals surface area contributed by atoms with Gasteiger partial charge in [-0.3, -0.25) is 9.69 Å². The van der Waals surface area contributed by atoms with Crippen molar-refractivity contribution in [2.75, 3.05) is 26.2 Å². The summed E-state index contributed by atoms with van der Waals surface area (Å²) in [5.74, 6) is -0.892. The molecule has 0 amide bonds. The molecule has 1 N–H and O–H groups in total. The van der Waals surface area contributed by atoms with Crippen molar-refractivity contribution in [1.29, 1.82) is 0 Å². The van der Waals surface area contributed by atoms with Crippen molar-refractivity contribution in [3.63, 3.8) is 0 Å². The predicted octanol–water partition coefficient (Wildman–Crippen LogP) is 1.23. The highest BCUT2D eigenvalue weighted by Gasteiger charge is 2.32. The van der Waals surface area contributed by atoms with Gasteiger partial charge in [0.2, 0.25) is 10.0 Å². The molecule has 0 saturated carbocycles. The van der Waals surface area contributed by atoms with Gasteiger partial charge in [0, 0.05) is 30.7 Å². The third-order valence-electron chi connectivity index (χ3n) is 3.63. The molecule has 0 aromatic heterocycles. The number of halogens is 1. The van der Waals surface area contributed by atoms with Crippen molar-refractivity contribution in [1.82, 2.24) is 9.21 Å². The summed E-state index contributed by atoms with van der Waals surface area (Å²) in [4.78, 5) is 13.0. The van der Waals surface area contributed by atoms with Gasteiger partial charge in [0.15, 0.2) is 0 Å². The molecule has 21 heavy (non-hydrogen) atoms. The van der Waals surface area contributed by atoms with Gasteiger partial charge in [-0.25, -0.2) is 8.42 Å². The lowest BCUT2D eigenvalue weighted by atomic mass is 10.2. The van der Waals surface area contributed by atoms with E-state index in [2.05, 4.69) is 15.9 Å². The molecule has 1 fully saturated rings. The molecular formula is C13H17BrN2O4S. The molecule has 1 heterocycles. The number of rotatable bonds is 4. The highest BCUT2D eigenvalue weighted by molar-refractivity contribution is 9.10. The van der Waals surface area contributed by atoms with E-state index in [4.69, 9.17) is 5.11 Å². The number of carboxylic acids is 1. The Morgan fingerprint density at radius 2 is 1.81 bits per heavy atom. The number of aliphatic carboxylic acids is 1. The summed E-state index contributed by atoms with van der Waals surface area (Å²) in [5.41, 5.74) is 0. The van der Waals surface area contributed by atoms with Crippen LogP contribution in [-0.4, -0.2) is 60.9 Å². The zero-order valence-electron chi connectivity index (χ0n) is 11.6. The molecule has 1 unspecified atom stereocenters. The van der Waals surface area contributed by atoms with Gasteiger partial charge in [0.25, 0.3) is 0 Å². The first-order chi connectivity index (χ1) is 9.84. The molecule has 0 aliphatic carbocycles. The number of piperazine rings is 1. The van der Waals surface area contributed by atoms with Crippen LogP contribution in [0.4, 0.5) is 0 Å². The smallest absolute Gasteiger partial charge is 0.320 e. The highest BCUT2D eigenvalue weighted by atomic mass is 79.9. The average Bonchev–Trinajstić information content (AvgIpc) is 2.46. The van der Waals surface area contributed by atoms with Gasteiger partial charge in [-0.05, 0) is 35.0 Å². The van der Waals surface area contributed by atoms with Crippen LogP contribution in [-0.2, 0) is 14.8 Å². The van der Waals surface area contributed by atoms with Crippen molar-refractivity contribution >= 4 is 31.9 Å². The summed E-state index contributed by atoms with van der Waals surface area (Å²) < 4.78 is 27.1. The zero-order chi connectivity index (χ0) is 15.6. The lowest BCUT2D eigenvalue weighted by Crippen LogP contribution is -2.53. The molecule has 2 rings (SSSR count). The van der Waals surface area contributed by atoms with Gasteiger partial charge < -0.3 is 5.11 Å². The third kappa shape index (κ3) is 3.45. The summed E-state index contributed by atoms with van der Waals surface area (Å²) in [5, 5.41) is 8.99. The molecule has 6 nitrogen and oxygen atoms in total. The third-order valence-corrected chi connectivity index (χ3v) is 6.54. The van der Waals surface area contributed by atoms with Crippen LogP contribution < -0.4 is 0 Å². The molecule has 1 aliphatic heterocycles. The van der Waals surface area contributed by atoms with Crippen molar-refractivity contribution in [3.8, 4) is 0 Å². The molecule has 8 heteroatoms. The van der Waals surface area contributed by atoms with Gasteiger partial charge in [0.05, 0.1) is 4.90 Å². The number of carbonyl (C=O) groups is 1. The Morgan fingerprint density at radius 3 is 2.33 bits per heavy atom. The van der Waals surface area contributed by atoms with E-state index in [1.165, 1.54) is 4.31 Å². The van der Waals surface area contributed by atoms with Crippen LogP contribution in [0.2, 0.25) is 0 Å². The molecule has 1 aromatic rings. The topological polar surface area (TPSA) is 77.9 Å². The second-order valence-electron chi connectivity index (χ2n) is 4.88. The fraction of sp³-hybridized carbons (Fsp3) is 0.462. The number of sulfonamides is 1. The Labute approximate surface area is 132 Å². The summed E-state index contributed by atoms with van der Waals surface area (Å²) >= 11 is 3.26. The number of nitrogens with zero attached hydrogens (tertiary/aromatic N) is 2. The van der Waals surface area contributed by atoms with E-state index in [0.717, 1.165) is 0 Å². The maximum atomic E-state index is 12.6. The van der Waals surface area contributed by atoms with E-state index in [0.29, 0.717) is 30.7 Å². The summed E-state index contributed by atoms with van der Waals surface area (Å²) in [6.07, 6.45) is 0. The van der Waals surface area contributed by atoms with E-state index >= 15 is 0 Å². The molecule has 0 bridgehead atoms. The standard InChI is InChI=1S/C13H17BrN2O4S/c1-10(13(17)18)15-6-8-16(9-7-15)21(19,20)12-5-3-2-4-11(12)14/h2-5,10H,6-9H2,1H3,(H,17,18). The number of benzene rings is 1. The summed E-state index contributed by atoms with van der Waals surface area (Å²) in [7, 11) is -3.55. The van der Waals surface area contributed by atoms with Crippen LogP contribution in [0, 0.1) is 0 Å². The van der Waals surface area contributed by atoms with E-state index in [1.807, 2.05) is 0 Å². The minimum absolute atomic E-state index is 0.240. The molecular weight excluding hydrogens is 360 g/mol. The normalized spacial score (nSPS) is 19.3. The number of carboxylic acid groups (broad SMARTS) is 1. The van der Waals surface area contributed by atoms with E-state index < -0.39 is 22.0 Å². The van der Waals surface area contributed by atoms with Gasteiger partial charge >= 0.3 is 5.97 Å². The van der Waals surface area contributed by atoms with Crippen LogP contribution in [0.15, 0.2) is 33.6 Å². The molecule has 116 valence electrons. The van der Waals surface area contributed by atoms with E-state index in [1.54, 1.807) is 36.1 Å². The van der Waals surface area contributed by atoms with Gasteiger partial charge in [-0.1, -0.05) is 12.1 Å². The average molecular weight is 377 g/mol. The van der Waals surface area contributed by atoms with Crippen molar-refractivity contribution in [2.24, 2.45) is 0 Å². The lowest BCUT2D eigenvalue weighted by molar-refractivity contribution is -0.143. The summed E-state index contributed by atoms with van der Waals surface area (Å²) in [6, 6.07) is 6.09. The van der Waals surface area contributed by atoms with Gasteiger partial charge in [-0.15, -0.1) is 0 Å². The molecule has 0 spiro atoms. The van der Waals surface area contributed by atoms with Crippen molar-refractivity contribution < 1.29 is 18.3 Å². The second-order valence-corrected chi connectivity index (χ2v) is 7.65. The van der Waals surface area contributed by atoms with Crippen LogP contribution >= 0.6 is 15.9 Å². The fourth-order valence-corrected chi connectivity index (χ4v) is 4.67. The largest absolute Gasteiger partial charge is 0.480 e. The molecule has 1 aromatic carbocycles. The first-order valence-corrected chi connectivity index (χ1v) is 8.79. The Morgan fingerprint density at radius 1 is 1.24 bits per heavy atom. The molecule has 1 saturated heterocycles. The number of hydrogen-bond donors (Lipinski definition) is 1. The number of hydrogen-bond acceptors (Lipinski definition) is 4. The zero-order valence-corrected chi connectivity index (χ0v) is 14.0. The van der Waals surface area contributed by atoms with E-state index in [-0.39, 0.29) is 4.90 Å².